The average molecular weight is 349 g/mol. The monoisotopic (exact) mass is 348 g/mol. The van der Waals surface area contributed by atoms with Gasteiger partial charge in [-0.1, -0.05) is 6.07 Å². The fourth-order valence-corrected chi connectivity index (χ4v) is 4.91. The smallest absolute Gasteiger partial charge is 0.245 e. The number of sulfonamides is 1. The molecule has 1 saturated heterocycles. The Hall–Kier alpha value is -0.800. The van der Waals surface area contributed by atoms with E-state index in [4.69, 9.17) is 0 Å². The normalized spacial score (nSPS) is 23.9. The van der Waals surface area contributed by atoms with E-state index in [1.807, 2.05) is 13.8 Å². The zero-order valence-corrected chi connectivity index (χ0v) is 14.1. The number of nitrogens with one attached hydrogen (secondary N) is 1. The Kier molecular flexibility index (Phi) is 4.84. The van der Waals surface area contributed by atoms with E-state index in [1.54, 1.807) is 22.5 Å². The van der Waals surface area contributed by atoms with E-state index >= 15 is 0 Å². The first kappa shape index (κ1) is 16.6. The Labute approximate surface area is 134 Å². The van der Waals surface area contributed by atoms with Gasteiger partial charge in [-0.25, -0.2) is 8.42 Å². The van der Waals surface area contributed by atoms with Crippen molar-refractivity contribution in [2.75, 3.05) is 13.1 Å². The van der Waals surface area contributed by atoms with Crippen LogP contribution < -0.4 is 5.32 Å². The summed E-state index contributed by atoms with van der Waals surface area (Å²) in [5.74, 6) is 0. The molecule has 1 fully saturated rings. The molecule has 116 valence electrons. The minimum atomic E-state index is -3.54. The molecule has 21 heavy (non-hydrogen) atoms. The maximum absolute atomic E-state index is 12.9. The number of piperazine rings is 1. The lowest BCUT2D eigenvalue weighted by molar-refractivity contribution is 0.245. The van der Waals surface area contributed by atoms with Crippen molar-refractivity contribution in [3.05, 3.63) is 18.2 Å². The average Bonchev–Trinajstić information content (AvgIpc) is 2.89. The van der Waals surface area contributed by atoms with Gasteiger partial charge in [-0.2, -0.15) is 13.1 Å². The summed E-state index contributed by atoms with van der Waals surface area (Å²) in [4.78, 5) is 0.254. The molecule has 0 spiro atoms. The Morgan fingerprint density at radius 2 is 2.10 bits per heavy atom. The zero-order chi connectivity index (χ0) is 14.3. The molecule has 0 aliphatic carbocycles. The molecule has 2 aromatic rings. The van der Waals surface area contributed by atoms with Gasteiger partial charge in [-0.05, 0) is 26.0 Å². The van der Waals surface area contributed by atoms with Gasteiger partial charge in [0.2, 0.25) is 10.0 Å². The standard InChI is InChI=1S/C12H16N4O2S2.ClH/c1-8-7-16(9(2)6-13-8)20(17,18)11-5-3-4-10-12(11)15-19-14-10;/h3-5,8-9,13H,6-7H2,1-2H3;1H. The van der Waals surface area contributed by atoms with Crippen molar-refractivity contribution < 1.29 is 8.42 Å². The van der Waals surface area contributed by atoms with Crippen LogP contribution in [-0.2, 0) is 10.0 Å². The summed E-state index contributed by atoms with van der Waals surface area (Å²) in [6.45, 7) is 5.03. The van der Waals surface area contributed by atoms with Crippen LogP contribution in [0.5, 0.6) is 0 Å². The van der Waals surface area contributed by atoms with Crippen LogP contribution in [-0.4, -0.2) is 46.6 Å². The zero-order valence-electron chi connectivity index (χ0n) is 11.7. The van der Waals surface area contributed by atoms with Crippen LogP contribution in [0.15, 0.2) is 23.1 Å². The quantitative estimate of drug-likeness (QED) is 0.889. The molecule has 0 saturated carbocycles. The highest BCUT2D eigenvalue weighted by Gasteiger charge is 2.34. The van der Waals surface area contributed by atoms with Gasteiger partial charge in [0, 0.05) is 25.2 Å². The molecule has 1 aliphatic heterocycles. The summed E-state index contributed by atoms with van der Waals surface area (Å²) in [6.07, 6.45) is 0. The predicted molar refractivity (Wildman–Crippen MR) is 85.5 cm³/mol. The van der Waals surface area contributed by atoms with Crippen molar-refractivity contribution in [3.8, 4) is 0 Å². The third kappa shape index (κ3) is 2.91. The van der Waals surface area contributed by atoms with Crippen molar-refractivity contribution in [1.29, 1.82) is 0 Å². The fourth-order valence-electron chi connectivity index (χ4n) is 2.44. The molecule has 1 aliphatic rings. The van der Waals surface area contributed by atoms with E-state index in [0.717, 1.165) is 11.7 Å². The first-order valence-electron chi connectivity index (χ1n) is 6.46. The number of fused-ring (bicyclic) bond motifs is 1. The van der Waals surface area contributed by atoms with Crippen LogP contribution in [0.1, 0.15) is 13.8 Å². The number of halogens is 1. The second-order valence-corrected chi connectivity index (χ2v) is 7.51. The minimum Gasteiger partial charge on any atom is -0.311 e. The van der Waals surface area contributed by atoms with Crippen LogP contribution in [0.2, 0.25) is 0 Å². The number of aromatic nitrogens is 2. The van der Waals surface area contributed by atoms with Crippen molar-refractivity contribution in [2.24, 2.45) is 0 Å². The second-order valence-electron chi connectivity index (χ2n) is 5.12. The van der Waals surface area contributed by atoms with Crippen LogP contribution in [0.3, 0.4) is 0 Å². The lowest BCUT2D eigenvalue weighted by Gasteiger charge is -2.36. The van der Waals surface area contributed by atoms with Gasteiger partial charge in [0.15, 0.2) is 0 Å². The number of hydrogen-bond donors (Lipinski definition) is 1. The molecule has 9 heteroatoms. The third-order valence-electron chi connectivity index (χ3n) is 3.54. The lowest BCUT2D eigenvalue weighted by Crippen LogP contribution is -2.56. The van der Waals surface area contributed by atoms with Crippen LogP contribution in [0, 0.1) is 0 Å². The number of hydrogen-bond acceptors (Lipinski definition) is 6. The van der Waals surface area contributed by atoms with Crippen LogP contribution >= 0.6 is 24.1 Å². The highest BCUT2D eigenvalue weighted by molar-refractivity contribution is 7.89. The first-order chi connectivity index (χ1) is 9.50. The van der Waals surface area contributed by atoms with E-state index in [9.17, 15) is 8.42 Å². The van der Waals surface area contributed by atoms with Crippen LogP contribution in [0.4, 0.5) is 0 Å². The van der Waals surface area contributed by atoms with Gasteiger partial charge in [0.25, 0.3) is 0 Å². The molecular formula is C12H17ClN4O2S2. The molecule has 1 aromatic carbocycles. The molecule has 6 nitrogen and oxygen atoms in total. The highest BCUT2D eigenvalue weighted by Crippen LogP contribution is 2.26. The fraction of sp³-hybridized carbons (Fsp3) is 0.500. The van der Waals surface area contributed by atoms with Crippen LogP contribution in [0.25, 0.3) is 11.0 Å². The minimum absolute atomic E-state index is 0. The molecule has 3 rings (SSSR count). The maximum atomic E-state index is 12.9. The summed E-state index contributed by atoms with van der Waals surface area (Å²) in [7, 11) is -3.54. The molecule has 2 heterocycles. The maximum Gasteiger partial charge on any atom is 0.245 e. The molecule has 2 unspecified atom stereocenters. The Morgan fingerprint density at radius 1 is 1.33 bits per heavy atom. The van der Waals surface area contributed by atoms with E-state index < -0.39 is 10.0 Å². The lowest BCUT2D eigenvalue weighted by atomic mass is 10.2. The summed E-state index contributed by atoms with van der Waals surface area (Å²) in [5, 5.41) is 3.29. The van der Waals surface area contributed by atoms with Gasteiger partial charge in [-0.3, -0.25) is 0 Å². The van der Waals surface area contributed by atoms with E-state index in [1.165, 1.54) is 0 Å². The molecular weight excluding hydrogens is 332 g/mol. The Bertz CT molecular complexity index is 734. The van der Waals surface area contributed by atoms with Gasteiger partial charge in [0.1, 0.15) is 15.9 Å². The molecule has 0 bridgehead atoms. The predicted octanol–water partition coefficient (Wildman–Crippen LogP) is 1.48. The van der Waals surface area contributed by atoms with Gasteiger partial charge >= 0.3 is 0 Å². The third-order valence-corrected chi connectivity index (χ3v) is 6.10. The van der Waals surface area contributed by atoms with Crippen molar-refractivity contribution >= 4 is 45.2 Å². The summed E-state index contributed by atoms with van der Waals surface area (Å²) in [6, 6.07) is 5.18. The topological polar surface area (TPSA) is 75.2 Å². The van der Waals surface area contributed by atoms with E-state index in [2.05, 4.69) is 14.1 Å². The second kappa shape index (κ2) is 6.13. The Morgan fingerprint density at radius 3 is 2.86 bits per heavy atom. The van der Waals surface area contributed by atoms with Crippen molar-refractivity contribution in [1.82, 2.24) is 18.4 Å². The van der Waals surface area contributed by atoms with Gasteiger partial charge in [0.05, 0.1) is 11.7 Å². The summed E-state index contributed by atoms with van der Waals surface area (Å²) >= 11 is 1.04. The molecule has 1 N–H and O–H groups in total. The van der Waals surface area contributed by atoms with Crippen molar-refractivity contribution in [2.45, 2.75) is 30.8 Å². The van der Waals surface area contributed by atoms with Gasteiger partial charge in [-0.15, -0.1) is 12.4 Å². The van der Waals surface area contributed by atoms with Crippen molar-refractivity contribution in [3.63, 3.8) is 0 Å². The molecule has 0 radical (unpaired) electrons. The number of benzene rings is 1. The van der Waals surface area contributed by atoms with Gasteiger partial charge < -0.3 is 5.32 Å². The van der Waals surface area contributed by atoms with E-state index in [0.29, 0.717) is 24.1 Å². The molecule has 1 aromatic heterocycles. The number of rotatable bonds is 2. The summed E-state index contributed by atoms with van der Waals surface area (Å²) < 4.78 is 35.6. The number of nitrogens with zero attached hydrogens (tertiary/aromatic N) is 3. The summed E-state index contributed by atoms with van der Waals surface area (Å²) in [5.41, 5.74) is 1.10. The molecule has 2 atom stereocenters. The Balaban J connectivity index is 0.00000161. The van der Waals surface area contributed by atoms with E-state index in [-0.39, 0.29) is 29.4 Å². The highest BCUT2D eigenvalue weighted by atomic mass is 35.5. The molecule has 0 amide bonds. The SMILES string of the molecule is CC1CN(S(=O)(=O)c2cccc3nsnc23)C(C)CN1.Cl. The largest absolute Gasteiger partial charge is 0.311 e. The first-order valence-corrected chi connectivity index (χ1v) is 8.63.